The van der Waals surface area contributed by atoms with Crippen LogP contribution in [0.25, 0.3) is 0 Å². The van der Waals surface area contributed by atoms with Gasteiger partial charge in [0.1, 0.15) is 17.4 Å². The van der Waals surface area contributed by atoms with E-state index in [0.29, 0.717) is 37.7 Å². The van der Waals surface area contributed by atoms with E-state index in [-0.39, 0.29) is 32.0 Å². The summed E-state index contributed by atoms with van der Waals surface area (Å²) in [5.41, 5.74) is -0.770. The lowest BCUT2D eigenvalue weighted by Gasteiger charge is -2.43. The van der Waals surface area contributed by atoms with E-state index >= 15 is 0 Å². The Balaban J connectivity index is 1.58. The van der Waals surface area contributed by atoms with E-state index in [1.54, 1.807) is 0 Å². The molecule has 2 heterocycles. The topological polar surface area (TPSA) is 70.2 Å². The van der Waals surface area contributed by atoms with Crippen LogP contribution >= 0.6 is 0 Å². The van der Waals surface area contributed by atoms with E-state index < -0.39 is 32.0 Å². The summed E-state index contributed by atoms with van der Waals surface area (Å²) in [5, 5.41) is 0. The third-order valence-corrected chi connectivity index (χ3v) is 8.59. The second-order valence-corrected chi connectivity index (χ2v) is 11.4. The van der Waals surface area contributed by atoms with Crippen molar-refractivity contribution in [3.05, 3.63) is 60.2 Å². The Hall–Kier alpha value is -2.56. The molecule has 0 aromatic heterocycles. The van der Waals surface area contributed by atoms with Gasteiger partial charge in [-0.1, -0.05) is 18.2 Å². The van der Waals surface area contributed by atoms with Crippen LogP contribution in [0.4, 0.5) is 8.78 Å². The second-order valence-electron chi connectivity index (χ2n) is 9.51. The van der Waals surface area contributed by atoms with Gasteiger partial charge in [-0.05, 0) is 44.2 Å². The number of amides is 1. The average molecular weight is 508 g/mol. The van der Waals surface area contributed by atoms with Gasteiger partial charge in [0.15, 0.2) is 0 Å². The van der Waals surface area contributed by atoms with Crippen molar-refractivity contribution in [2.24, 2.45) is 5.41 Å². The molecule has 0 radical (unpaired) electrons. The summed E-state index contributed by atoms with van der Waals surface area (Å²) in [6, 6.07) is 11.5. The lowest BCUT2D eigenvalue weighted by molar-refractivity contribution is -0.136. The number of nitrogens with zero attached hydrogens (tertiary/aromatic N) is 3. The molecule has 1 amide bonds. The van der Waals surface area contributed by atoms with Crippen molar-refractivity contribution in [1.82, 2.24) is 14.1 Å². The molecule has 0 bridgehead atoms. The molecule has 10 heteroatoms. The maximum absolute atomic E-state index is 13.8. The molecular formula is C25H31F2N3O4S. The molecule has 2 aromatic carbocycles. The van der Waals surface area contributed by atoms with Crippen molar-refractivity contribution < 1.29 is 26.7 Å². The van der Waals surface area contributed by atoms with Gasteiger partial charge in [0.25, 0.3) is 0 Å². The van der Waals surface area contributed by atoms with E-state index in [1.807, 2.05) is 42.3 Å². The molecule has 0 aliphatic carbocycles. The number of piperidine rings is 1. The fraction of sp³-hybridized carbons (Fsp3) is 0.480. The van der Waals surface area contributed by atoms with Crippen molar-refractivity contribution in [3.8, 4) is 5.75 Å². The summed E-state index contributed by atoms with van der Waals surface area (Å²) in [6.07, 6.45) is 1.24. The number of sulfonamides is 1. The zero-order valence-corrected chi connectivity index (χ0v) is 20.6. The summed E-state index contributed by atoms with van der Waals surface area (Å²) in [6.45, 7) is 3.19. The number of para-hydroxylation sites is 1. The molecule has 0 saturated carbocycles. The first kappa shape index (κ1) is 25.5. The van der Waals surface area contributed by atoms with E-state index in [0.717, 1.165) is 25.2 Å². The van der Waals surface area contributed by atoms with Crippen molar-refractivity contribution in [3.63, 3.8) is 0 Å². The third kappa shape index (κ3) is 6.17. The van der Waals surface area contributed by atoms with Gasteiger partial charge in [-0.3, -0.25) is 4.79 Å². The van der Waals surface area contributed by atoms with Gasteiger partial charge in [0.2, 0.25) is 15.9 Å². The standard InChI is InChI=1S/C25H31F2N3O4S/c1-28-10-12-29(13-11-28)24(31)17-25(19-34-22-6-3-2-4-7-22)8-5-9-30(18-25)35(32,33)23-15-20(26)14-21(27)16-23/h2-4,6-7,14-16H,5,8-13,17-19H2,1H3/t25-/m1/s1. The second kappa shape index (κ2) is 10.6. The summed E-state index contributed by atoms with van der Waals surface area (Å²) in [7, 11) is -2.15. The van der Waals surface area contributed by atoms with E-state index in [1.165, 1.54) is 4.31 Å². The van der Waals surface area contributed by atoms with Gasteiger partial charge in [-0.2, -0.15) is 4.31 Å². The Kier molecular flexibility index (Phi) is 7.73. The first-order chi connectivity index (χ1) is 16.7. The summed E-state index contributed by atoms with van der Waals surface area (Å²) in [5.74, 6) is -1.31. The fourth-order valence-corrected chi connectivity index (χ4v) is 6.38. The average Bonchev–Trinajstić information content (AvgIpc) is 2.83. The zero-order chi connectivity index (χ0) is 25.1. The molecule has 0 N–H and O–H groups in total. The number of benzene rings is 2. The number of likely N-dealkylation sites (N-methyl/N-ethyl adjacent to an activating group) is 1. The number of halogens is 2. The van der Waals surface area contributed by atoms with Crippen LogP contribution in [-0.4, -0.2) is 81.4 Å². The number of hydrogen-bond donors (Lipinski definition) is 0. The van der Waals surface area contributed by atoms with E-state index in [4.69, 9.17) is 4.74 Å². The predicted molar refractivity (Wildman–Crippen MR) is 127 cm³/mol. The number of carbonyl (C=O) groups is 1. The number of carbonyl (C=O) groups excluding carboxylic acids is 1. The SMILES string of the molecule is CN1CCN(C(=O)C[C@]2(COc3ccccc3)CCCN(S(=O)(=O)c3cc(F)cc(F)c3)C2)CC1. The first-order valence-electron chi connectivity index (χ1n) is 11.8. The van der Waals surface area contributed by atoms with Crippen LogP contribution in [0, 0.1) is 17.0 Å². The molecule has 2 aliphatic rings. The molecule has 1 atom stereocenters. The molecule has 2 fully saturated rings. The summed E-state index contributed by atoms with van der Waals surface area (Å²) in [4.78, 5) is 16.8. The Bertz CT molecular complexity index is 1120. The maximum Gasteiger partial charge on any atom is 0.243 e. The molecule has 35 heavy (non-hydrogen) atoms. The van der Waals surface area contributed by atoms with Crippen molar-refractivity contribution in [2.75, 3.05) is 52.9 Å². The smallest absolute Gasteiger partial charge is 0.243 e. The lowest BCUT2D eigenvalue weighted by Crippen LogP contribution is -2.53. The molecular weight excluding hydrogens is 476 g/mol. The van der Waals surface area contributed by atoms with Gasteiger partial charge in [-0.25, -0.2) is 17.2 Å². The van der Waals surface area contributed by atoms with Crippen LogP contribution in [0.1, 0.15) is 19.3 Å². The van der Waals surface area contributed by atoms with Crippen LogP contribution in [0.5, 0.6) is 5.75 Å². The Morgan fingerprint density at radius 2 is 1.66 bits per heavy atom. The number of hydrogen-bond acceptors (Lipinski definition) is 5. The molecule has 4 rings (SSSR count). The van der Waals surface area contributed by atoms with Crippen LogP contribution in [0.3, 0.4) is 0 Å². The van der Waals surface area contributed by atoms with Gasteiger partial charge in [0, 0.05) is 57.2 Å². The molecule has 190 valence electrons. The number of piperazine rings is 1. The summed E-state index contributed by atoms with van der Waals surface area (Å²) < 4.78 is 61.5. The zero-order valence-electron chi connectivity index (χ0n) is 19.8. The molecule has 7 nitrogen and oxygen atoms in total. The minimum Gasteiger partial charge on any atom is -0.493 e. The summed E-state index contributed by atoms with van der Waals surface area (Å²) >= 11 is 0. The van der Waals surface area contributed by atoms with Crippen molar-refractivity contribution in [1.29, 1.82) is 0 Å². The highest BCUT2D eigenvalue weighted by Gasteiger charge is 2.43. The van der Waals surface area contributed by atoms with Gasteiger partial charge < -0.3 is 14.5 Å². The molecule has 0 spiro atoms. The molecule has 2 aliphatic heterocycles. The Morgan fingerprint density at radius 3 is 2.31 bits per heavy atom. The molecule has 2 saturated heterocycles. The largest absolute Gasteiger partial charge is 0.493 e. The fourth-order valence-electron chi connectivity index (χ4n) is 4.75. The third-order valence-electron chi connectivity index (χ3n) is 6.77. The normalized spacial score (nSPS) is 22.2. The minimum atomic E-state index is -4.16. The van der Waals surface area contributed by atoms with Gasteiger partial charge in [0.05, 0.1) is 11.5 Å². The monoisotopic (exact) mass is 507 g/mol. The maximum atomic E-state index is 13.8. The van der Waals surface area contributed by atoms with Crippen molar-refractivity contribution >= 4 is 15.9 Å². The highest BCUT2D eigenvalue weighted by Crippen LogP contribution is 2.37. The van der Waals surface area contributed by atoms with Gasteiger partial charge >= 0.3 is 0 Å². The van der Waals surface area contributed by atoms with Crippen LogP contribution in [0.2, 0.25) is 0 Å². The first-order valence-corrected chi connectivity index (χ1v) is 13.2. The number of ether oxygens (including phenoxy) is 1. The highest BCUT2D eigenvalue weighted by molar-refractivity contribution is 7.89. The Labute approximate surface area is 205 Å². The number of rotatable bonds is 7. The molecule has 0 unspecified atom stereocenters. The van der Waals surface area contributed by atoms with Gasteiger partial charge in [-0.15, -0.1) is 0 Å². The van der Waals surface area contributed by atoms with E-state index in [2.05, 4.69) is 4.90 Å². The predicted octanol–water partition coefficient (Wildman–Crippen LogP) is 2.98. The van der Waals surface area contributed by atoms with Crippen LogP contribution in [0.15, 0.2) is 53.4 Å². The lowest BCUT2D eigenvalue weighted by atomic mass is 9.78. The quantitative estimate of drug-likeness (QED) is 0.577. The molecule has 2 aromatic rings. The Morgan fingerprint density at radius 1 is 1.00 bits per heavy atom. The van der Waals surface area contributed by atoms with Crippen LogP contribution < -0.4 is 4.74 Å². The van der Waals surface area contributed by atoms with Crippen LogP contribution in [-0.2, 0) is 14.8 Å². The minimum absolute atomic E-state index is 0.0276. The van der Waals surface area contributed by atoms with E-state index in [9.17, 15) is 22.0 Å². The van der Waals surface area contributed by atoms with Crippen molar-refractivity contribution in [2.45, 2.75) is 24.2 Å². The highest BCUT2D eigenvalue weighted by atomic mass is 32.2.